The van der Waals surface area contributed by atoms with E-state index in [-0.39, 0.29) is 0 Å². The number of aliphatic hydroxyl groups excluding tert-OH is 2. The maximum atomic E-state index is 11.9. The van der Waals surface area contributed by atoms with E-state index in [2.05, 4.69) is 16.0 Å². The summed E-state index contributed by atoms with van der Waals surface area (Å²) in [7, 11) is 0. The molecule has 1 aliphatic heterocycles. The Labute approximate surface area is 121 Å². The molecular weight excluding hydrogens is 282 g/mol. The van der Waals surface area contributed by atoms with Gasteiger partial charge in [0.05, 0.1) is 18.8 Å². The molecule has 0 radical (unpaired) electrons. The average Bonchev–Trinajstić information content (AvgIpc) is 2.94. The van der Waals surface area contributed by atoms with Crippen molar-refractivity contribution in [1.29, 1.82) is 0 Å². The van der Waals surface area contributed by atoms with Crippen LogP contribution in [0, 0.1) is 0 Å². The van der Waals surface area contributed by atoms with E-state index in [9.17, 15) is 24.6 Å². The lowest BCUT2D eigenvalue weighted by Gasteiger charge is -2.22. The van der Waals surface area contributed by atoms with Crippen molar-refractivity contribution in [3.05, 3.63) is 0 Å². The molecule has 1 heterocycles. The molecule has 2 amide bonds. The molecule has 1 rings (SSSR count). The molecule has 0 aromatic rings. The van der Waals surface area contributed by atoms with Gasteiger partial charge in [-0.15, -0.1) is 0 Å². The molecule has 1 aliphatic rings. The van der Waals surface area contributed by atoms with E-state index in [1.807, 2.05) is 0 Å². The second kappa shape index (κ2) is 7.91. The molecule has 0 aromatic carbocycles. The van der Waals surface area contributed by atoms with Crippen molar-refractivity contribution in [2.24, 2.45) is 0 Å². The Kier molecular flexibility index (Phi) is 6.53. The third kappa shape index (κ3) is 4.96. The summed E-state index contributed by atoms with van der Waals surface area (Å²) in [6.45, 7) is 1.25. The van der Waals surface area contributed by atoms with Gasteiger partial charge in [-0.1, -0.05) is 0 Å². The molecule has 6 N–H and O–H groups in total. The second-order valence-corrected chi connectivity index (χ2v) is 4.96. The largest absolute Gasteiger partial charge is 0.480 e. The molecule has 4 unspecified atom stereocenters. The first-order chi connectivity index (χ1) is 9.86. The molecule has 0 saturated carbocycles. The van der Waals surface area contributed by atoms with Crippen LogP contribution in [0.2, 0.25) is 0 Å². The second-order valence-electron chi connectivity index (χ2n) is 4.96. The van der Waals surface area contributed by atoms with Crippen LogP contribution in [0.3, 0.4) is 0 Å². The van der Waals surface area contributed by atoms with Gasteiger partial charge in [-0.2, -0.15) is 0 Å². The van der Waals surface area contributed by atoms with Gasteiger partial charge >= 0.3 is 5.97 Å². The highest BCUT2D eigenvalue weighted by Crippen LogP contribution is 2.05. The molecule has 0 bridgehead atoms. The topological polar surface area (TPSA) is 148 Å². The van der Waals surface area contributed by atoms with Gasteiger partial charge in [-0.3, -0.25) is 9.59 Å². The number of carboxylic acid groups (broad SMARTS) is 1. The molecule has 1 saturated heterocycles. The standard InChI is InChI=1S/C12H21N3O6/c1-6(17)9(12(20)21)15-11(19)8(5-16)14-10(18)7-3-2-4-13-7/h6-9,13,16-17H,2-5H2,1H3,(H,14,18)(H,15,19)(H,20,21). The lowest BCUT2D eigenvalue weighted by molar-refractivity contribution is -0.145. The zero-order chi connectivity index (χ0) is 16.0. The van der Waals surface area contributed by atoms with Crippen LogP contribution in [0.5, 0.6) is 0 Å². The van der Waals surface area contributed by atoms with Crippen molar-refractivity contribution in [2.75, 3.05) is 13.2 Å². The fraction of sp³-hybridized carbons (Fsp3) is 0.750. The van der Waals surface area contributed by atoms with Crippen LogP contribution in [0.4, 0.5) is 0 Å². The first-order valence-electron chi connectivity index (χ1n) is 6.72. The number of amides is 2. The SMILES string of the molecule is CC(O)C(NC(=O)C(CO)NC(=O)C1CCCN1)C(=O)O. The maximum absolute atomic E-state index is 11.9. The highest BCUT2D eigenvalue weighted by Gasteiger charge is 2.31. The number of hydrogen-bond acceptors (Lipinski definition) is 6. The first-order valence-corrected chi connectivity index (χ1v) is 6.72. The van der Waals surface area contributed by atoms with E-state index in [1.165, 1.54) is 6.92 Å². The predicted octanol–water partition coefficient (Wildman–Crippen LogP) is -2.83. The van der Waals surface area contributed by atoms with Crippen molar-refractivity contribution in [2.45, 2.75) is 44.0 Å². The number of carbonyl (C=O) groups excluding carboxylic acids is 2. The van der Waals surface area contributed by atoms with Crippen LogP contribution in [-0.4, -0.2) is 70.5 Å². The summed E-state index contributed by atoms with van der Waals surface area (Å²) < 4.78 is 0. The maximum Gasteiger partial charge on any atom is 0.328 e. The molecule has 9 nitrogen and oxygen atoms in total. The summed E-state index contributed by atoms with van der Waals surface area (Å²) in [5.74, 6) is -2.69. The Hall–Kier alpha value is -1.71. The van der Waals surface area contributed by atoms with Crippen LogP contribution in [0.1, 0.15) is 19.8 Å². The molecule has 0 aromatic heterocycles. The van der Waals surface area contributed by atoms with Gasteiger partial charge in [-0.05, 0) is 26.3 Å². The number of carbonyl (C=O) groups is 3. The van der Waals surface area contributed by atoms with E-state index in [0.29, 0.717) is 13.0 Å². The molecule has 0 aliphatic carbocycles. The highest BCUT2D eigenvalue weighted by molar-refractivity contribution is 5.92. The molecular formula is C12H21N3O6. The summed E-state index contributed by atoms with van der Waals surface area (Å²) in [6, 6.07) is -3.19. The van der Waals surface area contributed by atoms with Crippen LogP contribution in [-0.2, 0) is 14.4 Å². The van der Waals surface area contributed by atoms with Crippen molar-refractivity contribution < 1.29 is 29.7 Å². The number of aliphatic carboxylic acids is 1. The van der Waals surface area contributed by atoms with Crippen molar-refractivity contribution in [3.8, 4) is 0 Å². The van der Waals surface area contributed by atoms with Gasteiger partial charge in [0, 0.05) is 0 Å². The summed E-state index contributed by atoms with van der Waals surface area (Å²) in [5, 5.41) is 34.7. The van der Waals surface area contributed by atoms with E-state index in [0.717, 1.165) is 6.42 Å². The van der Waals surface area contributed by atoms with Crippen molar-refractivity contribution >= 4 is 17.8 Å². The lowest BCUT2D eigenvalue weighted by atomic mass is 10.1. The van der Waals surface area contributed by atoms with Crippen LogP contribution in [0.25, 0.3) is 0 Å². The quantitative estimate of drug-likeness (QED) is 0.297. The zero-order valence-corrected chi connectivity index (χ0v) is 11.7. The Morgan fingerprint density at radius 3 is 2.43 bits per heavy atom. The predicted molar refractivity (Wildman–Crippen MR) is 71.3 cm³/mol. The van der Waals surface area contributed by atoms with Crippen molar-refractivity contribution in [3.63, 3.8) is 0 Å². The van der Waals surface area contributed by atoms with E-state index in [1.54, 1.807) is 0 Å². The Morgan fingerprint density at radius 2 is 2.00 bits per heavy atom. The van der Waals surface area contributed by atoms with Gasteiger partial charge in [0.25, 0.3) is 0 Å². The summed E-state index contributed by atoms with van der Waals surface area (Å²) in [6.07, 6.45) is 0.173. The van der Waals surface area contributed by atoms with E-state index < -0.39 is 48.6 Å². The first kappa shape index (κ1) is 17.3. The molecule has 4 atom stereocenters. The third-order valence-corrected chi connectivity index (χ3v) is 3.24. The summed E-state index contributed by atoms with van der Waals surface area (Å²) >= 11 is 0. The normalized spacial score (nSPS) is 22.1. The van der Waals surface area contributed by atoms with Gasteiger partial charge in [0.1, 0.15) is 6.04 Å². The van der Waals surface area contributed by atoms with Gasteiger partial charge in [0.15, 0.2) is 6.04 Å². The van der Waals surface area contributed by atoms with Gasteiger partial charge in [-0.25, -0.2) is 4.79 Å². The number of nitrogens with one attached hydrogen (secondary N) is 3. The molecule has 0 spiro atoms. The Morgan fingerprint density at radius 1 is 1.33 bits per heavy atom. The fourth-order valence-electron chi connectivity index (χ4n) is 2.02. The molecule has 21 heavy (non-hydrogen) atoms. The highest BCUT2D eigenvalue weighted by atomic mass is 16.4. The van der Waals surface area contributed by atoms with Crippen LogP contribution < -0.4 is 16.0 Å². The fourth-order valence-corrected chi connectivity index (χ4v) is 2.02. The Balaban J connectivity index is 2.59. The van der Waals surface area contributed by atoms with Gasteiger partial charge in [0.2, 0.25) is 11.8 Å². The monoisotopic (exact) mass is 303 g/mol. The summed E-state index contributed by atoms with van der Waals surface area (Å²) in [5.41, 5.74) is 0. The number of carboxylic acids is 1. The smallest absolute Gasteiger partial charge is 0.328 e. The van der Waals surface area contributed by atoms with E-state index in [4.69, 9.17) is 5.11 Å². The zero-order valence-electron chi connectivity index (χ0n) is 11.7. The molecule has 9 heteroatoms. The van der Waals surface area contributed by atoms with Crippen LogP contribution >= 0.6 is 0 Å². The lowest BCUT2D eigenvalue weighted by Crippen LogP contribution is -2.57. The Bertz CT molecular complexity index is 394. The number of rotatable bonds is 7. The number of aliphatic hydroxyl groups is 2. The minimum atomic E-state index is -1.51. The van der Waals surface area contributed by atoms with Crippen LogP contribution in [0.15, 0.2) is 0 Å². The molecule has 120 valence electrons. The average molecular weight is 303 g/mol. The third-order valence-electron chi connectivity index (χ3n) is 3.24. The minimum absolute atomic E-state index is 0.418. The number of hydrogen-bond donors (Lipinski definition) is 6. The summed E-state index contributed by atoms with van der Waals surface area (Å²) in [4.78, 5) is 34.6. The van der Waals surface area contributed by atoms with Gasteiger partial charge < -0.3 is 31.3 Å². The minimum Gasteiger partial charge on any atom is -0.480 e. The van der Waals surface area contributed by atoms with E-state index >= 15 is 0 Å². The molecule has 1 fully saturated rings. The van der Waals surface area contributed by atoms with Crippen molar-refractivity contribution in [1.82, 2.24) is 16.0 Å².